The number of hydrogen-bond acceptors (Lipinski definition) is 4. The second kappa shape index (κ2) is 9.49. The zero-order chi connectivity index (χ0) is 21.9. The topological polar surface area (TPSA) is 79.2 Å². The fraction of sp³-hybridized carbons (Fsp3) is 0.682. The summed E-state index contributed by atoms with van der Waals surface area (Å²) in [5, 5.41) is 20.5. The molecule has 0 spiro atoms. The second-order valence-corrected chi connectivity index (χ2v) is 14.4. The SMILES string of the molecule is COc1ccc([C@@H]2[C@@H](O)CN(C(=O)O)C[C@H]2O[Si](C(C)C)(C(C)C)C(C)C)cc1. The lowest BCUT2D eigenvalue weighted by molar-refractivity contribution is -0.0190. The van der Waals surface area contributed by atoms with Gasteiger partial charge in [0.1, 0.15) is 5.75 Å². The van der Waals surface area contributed by atoms with E-state index in [0.29, 0.717) is 16.6 Å². The monoisotopic (exact) mass is 423 g/mol. The van der Waals surface area contributed by atoms with Crippen molar-refractivity contribution in [2.24, 2.45) is 0 Å². The number of rotatable bonds is 7. The van der Waals surface area contributed by atoms with E-state index in [1.54, 1.807) is 7.11 Å². The average molecular weight is 424 g/mol. The first-order chi connectivity index (χ1) is 13.5. The van der Waals surface area contributed by atoms with Crippen molar-refractivity contribution in [3.63, 3.8) is 0 Å². The van der Waals surface area contributed by atoms with Gasteiger partial charge in [0.15, 0.2) is 0 Å². The molecule has 1 heterocycles. The third-order valence-corrected chi connectivity index (χ3v) is 12.6. The summed E-state index contributed by atoms with van der Waals surface area (Å²) in [4.78, 5) is 13.0. The van der Waals surface area contributed by atoms with Gasteiger partial charge in [-0.1, -0.05) is 53.7 Å². The van der Waals surface area contributed by atoms with Gasteiger partial charge in [0, 0.05) is 12.5 Å². The van der Waals surface area contributed by atoms with E-state index >= 15 is 0 Å². The van der Waals surface area contributed by atoms with Gasteiger partial charge in [0.25, 0.3) is 0 Å². The van der Waals surface area contributed by atoms with Gasteiger partial charge in [-0.05, 0) is 34.3 Å². The molecule has 2 N–H and O–H groups in total. The molecule has 1 aliphatic heterocycles. The van der Waals surface area contributed by atoms with Crippen molar-refractivity contribution in [2.75, 3.05) is 20.2 Å². The van der Waals surface area contributed by atoms with Gasteiger partial charge in [-0.3, -0.25) is 0 Å². The van der Waals surface area contributed by atoms with Crippen LogP contribution in [-0.2, 0) is 4.43 Å². The summed E-state index contributed by atoms with van der Waals surface area (Å²) >= 11 is 0. The van der Waals surface area contributed by atoms with Crippen molar-refractivity contribution in [1.29, 1.82) is 0 Å². The van der Waals surface area contributed by atoms with E-state index in [-0.39, 0.29) is 25.1 Å². The standard InChI is InChI=1S/C22H37NO5Si/c1-14(2)29(15(3)4,16(5)6)28-20-13-23(22(25)26)12-19(24)21(20)17-8-10-18(27-7)11-9-17/h8-11,14-16,19-21,24H,12-13H2,1-7H3,(H,25,26)/t19-,20+,21+/m0/s1. The minimum Gasteiger partial charge on any atom is -0.497 e. The van der Waals surface area contributed by atoms with Crippen molar-refractivity contribution >= 4 is 14.4 Å². The maximum atomic E-state index is 11.7. The molecule has 1 aliphatic rings. The molecule has 0 saturated carbocycles. The van der Waals surface area contributed by atoms with Crippen LogP contribution in [0.15, 0.2) is 24.3 Å². The summed E-state index contributed by atoms with van der Waals surface area (Å²) in [6, 6.07) is 7.65. The molecular formula is C22H37NO5Si. The number of aliphatic hydroxyl groups is 1. The lowest BCUT2D eigenvalue weighted by Crippen LogP contribution is -2.59. The Bertz CT molecular complexity index is 655. The molecule has 2 rings (SSSR count). The van der Waals surface area contributed by atoms with Crippen LogP contribution in [0.1, 0.15) is 53.0 Å². The Balaban J connectivity index is 2.48. The molecule has 0 aromatic heterocycles. The average Bonchev–Trinajstić information content (AvgIpc) is 2.64. The lowest BCUT2D eigenvalue weighted by atomic mass is 9.85. The van der Waals surface area contributed by atoms with E-state index in [2.05, 4.69) is 41.5 Å². The minimum absolute atomic E-state index is 0.0888. The Labute approximate surface area is 176 Å². The van der Waals surface area contributed by atoms with E-state index < -0.39 is 20.5 Å². The summed E-state index contributed by atoms with van der Waals surface area (Å²) in [5.74, 6) is 0.471. The number of β-amino-alcohol motifs (C(OH)–C–C–N with tert-alkyl or cyclic N) is 1. The number of likely N-dealkylation sites (tertiary alicyclic amines) is 1. The lowest BCUT2D eigenvalue weighted by Gasteiger charge is -2.49. The Morgan fingerprint density at radius 1 is 1.03 bits per heavy atom. The van der Waals surface area contributed by atoms with Crippen LogP contribution in [0.2, 0.25) is 16.6 Å². The minimum atomic E-state index is -2.26. The van der Waals surface area contributed by atoms with Gasteiger partial charge >= 0.3 is 6.09 Å². The number of ether oxygens (including phenoxy) is 1. The molecule has 1 saturated heterocycles. The van der Waals surface area contributed by atoms with Crippen molar-refractivity contribution in [2.45, 2.75) is 76.3 Å². The molecule has 0 unspecified atom stereocenters. The summed E-state index contributed by atoms with van der Waals surface area (Å²) in [7, 11) is -0.637. The Kier molecular flexibility index (Phi) is 7.76. The van der Waals surface area contributed by atoms with Crippen molar-refractivity contribution in [3.8, 4) is 5.75 Å². The number of carbonyl (C=O) groups is 1. The number of piperidine rings is 1. The fourth-order valence-corrected chi connectivity index (χ4v) is 10.8. The highest BCUT2D eigenvalue weighted by molar-refractivity contribution is 6.77. The fourth-order valence-electron chi connectivity index (χ4n) is 5.19. The van der Waals surface area contributed by atoms with Gasteiger partial charge in [0.05, 0.1) is 25.9 Å². The molecule has 1 fully saturated rings. The third kappa shape index (κ3) is 4.78. The van der Waals surface area contributed by atoms with Crippen LogP contribution in [0, 0.1) is 0 Å². The molecule has 1 amide bonds. The van der Waals surface area contributed by atoms with Crippen LogP contribution >= 0.6 is 0 Å². The maximum Gasteiger partial charge on any atom is 0.407 e. The molecular weight excluding hydrogens is 386 g/mol. The molecule has 7 heteroatoms. The molecule has 1 aromatic rings. The van der Waals surface area contributed by atoms with Gasteiger partial charge in [0.2, 0.25) is 8.32 Å². The van der Waals surface area contributed by atoms with Crippen LogP contribution in [0.4, 0.5) is 4.79 Å². The highest BCUT2D eigenvalue weighted by Gasteiger charge is 2.50. The predicted octanol–water partition coefficient (Wildman–Crippen LogP) is 4.69. The Morgan fingerprint density at radius 3 is 1.97 bits per heavy atom. The number of amides is 1. The molecule has 3 atom stereocenters. The van der Waals surface area contributed by atoms with E-state index in [0.717, 1.165) is 11.3 Å². The van der Waals surface area contributed by atoms with Crippen molar-refractivity contribution in [3.05, 3.63) is 29.8 Å². The van der Waals surface area contributed by atoms with E-state index in [1.807, 2.05) is 24.3 Å². The number of aliphatic hydroxyl groups excluding tert-OH is 1. The number of methoxy groups -OCH3 is 1. The van der Waals surface area contributed by atoms with Gasteiger partial charge in [-0.25, -0.2) is 4.79 Å². The highest BCUT2D eigenvalue weighted by atomic mass is 28.4. The molecule has 164 valence electrons. The van der Waals surface area contributed by atoms with Crippen LogP contribution in [-0.4, -0.2) is 61.9 Å². The molecule has 0 aliphatic carbocycles. The first-order valence-electron chi connectivity index (χ1n) is 10.5. The first kappa shape index (κ1) is 23.7. The van der Waals surface area contributed by atoms with Crippen molar-refractivity contribution < 1.29 is 24.2 Å². The quantitative estimate of drug-likeness (QED) is 0.622. The maximum absolute atomic E-state index is 11.7. The zero-order valence-corrected chi connectivity index (χ0v) is 19.8. The van der Waals surface area contributed by atoms with Crippen LogP contribution in [0.5, 0.6) is 5.75 Å². The number of carboxylic acid groups (broad SMARTS) is 1. The van der Waals surface area contributed by atoms with Crippen LogP contribution < -0.4 is 4.74 Å². The van der Waals surface area contributed by atoms with Crippen molar-refractivity contribution in [1.82, 2.24) is 4.90 Å². The molecule has 29 heavy (non-hydrogen) atoms. The molecule has 0 radical (unpaired) electrons. The van der Waals surface area contributed by atoms with Crippen LogP contribution in [0.25, 0.3) is 0 Å². The van der Waals surface area contributed by atoms with Gasteiger partial charge in [-0.15, -0.1) is 0 Å². The van der Waals surface area contributed by atoms with Crippen LogP contribution in [0.3, 0.4) is 0 Å². The summed E-state index contributed by atoms with van der Waals surface area (Å²) in [6.45, 7) is 13.6. The van der Waals surface area contributed by atoms with E-state index in [1.165, 1.54) is 4.90 Å². The Hall–Kier alpha value is -1.57. The van der Waals surface area contributed by atoms with E-state index in [4.69, 9.17) is 9.16 Å². The second-order valence-electron chi connectivity index (χ2n) is 9.03. The molecule has 0 bridgehead atoms. The van der Waals surface area contributed by atoms with E-state index in [9.17, 15) is 15.0 Å². The van der Waals surface area contributed by atoms with Gasteiger partial charge in [-0.2, -0.15) is 0 Å². The van der Waals surface area contributed by atoms with Gasteiger partial charge < -0.3 is 24.3 Å². The third-order valence-electron chi connectivity index (χ3n) is 6.46. The highest BCUT2D eigenvalue weighted by Crippen LogP contribution is 2.45. The number of nitrogens with zero attached hydrogens (tertiary/aromatic N) is 1. The molecule has 6 nitrogen and oxygen atoms in total. The zero-order valence-electron chi connectivity index (χ0n) is 18.8. The number of hydrogen-bond donors (Lipinski definition) is 2. The largest absolute Gasteiger partial charge is 0.497 e. The Morgan fingerprint density at radius 2 is 1.55 bits per heavy atom. The molecule has 1 aromatic carbocycles. The first-order valence-corrected chi connectivity index (χ1v) is 12.7. The smallest absolute Gasteiger partial charge is 0.407 e. The summed E-state index contributed by atoms with van der Waals surface area (Å²) in [6.07, 6.45) is -2.23. The number of benzene rings is 1. The normalized spacial score (nSPS) is 23.1. The summed E-state index contributed by atoms with van der Waals surface area (Å²) < 4.78 is 12.2. The predicted molar refractivity (Wildman–Crippen MR) is 117 cm³/mol. The summed E-state index contributed by atoms with van der Waals surface area (Å²) in [5.41, 5.74) is 2.07.